The Labute approximate surface area is 150 Å². The molecule has 0 fully saturated rings. The van der Waals surface area contributed by atoms with Gasteiger partial charge >= 0.3 is 5.97 Å². The third-order valence-electron chi connectivity index (χ3n) is 3.99. The van der Waals surface area contributed by atoms with Gasteiger partial charge in [0.15, 0.2) is 0 Å². The van der Waals surface area contributed by atoms with Gasteiger partial charge in [0.2, 0.25) is 0 Å². The van der Waals surface area contributed by atoms with Crippen molar-refractivity contribution in [2.75, 3.05) is 0 Å². The second kappa shape index (κ2) is 22.4. The summed E-state index contributed by atoms with van der Waals surface area (Å²) in [6.07, 6.45) is 19.5. The van der Waals surface area contributed by atoms with E-state index >= 15 is 0 Å². The second-order valence-electron chi connectivity index (χ2n) is 6.83. The number of nitrogens with two attached hydrogens (primary N) is 1. The topological polar surface area (TPSA) is 83.5 Å². The lowest BCUT2D eigenvalue weighted by Gasteiger charge is -2.03. The molecule has 1 atom stereocenters. The van der Waals surface area contributed by atoms with Gasteiger partial charge in [0.25, 0.3) is 0 Å². The number of aliphatic hydroxyl groups is 1. The van der Waals surface area contributed by atoms with E-state index in [4.69, 9.17) is 10.2 Å². The molecule has 1 unspecified atom stereocenters. The maximum Gasteiger partial charge on any atom is 0.303 e. The lowest BCUT2D eigenvalue weighted by atomic mass is 10.0. The lowest BCUT2D eigenvalue weighted by molar-refractivity contribution is -0.137. The Morgan fingerprint density at radius 2 is 1.00 bits per heavy atom. The molecule has 0 saturated heterocycles. The highest BCUT2D eigenvalue weighted by Gasteiger charge is 1.97. The summed E-state index contributed by atoms with van der Waals surface area (Å²) in [5.41, 5.74) is 4.67. The molecule has 0 heterocycles. The van der Waals surface area contributed by atoms with Crippen molar-refractivity contribution in [3.8, 4) is 0 Å². The zero-order valence-electron chi connectivity index (χ0n) is 16.3. The van der Waals surface area contributed by atoms with Crippen molar-refractivity contribution in [1.29, 1.82) is 0 Å². The number of carboxylic acids is 1. The van der Waals surface area contributed by atoms with Crippen molar-refractivity contribution >= 4 is 5.97 Å². The number of hydrogen-bond donors (Lipinski definition) is 3. The molecule has 0 rings (SSSR count). The zero-order chi connectivity index (χ0) is 18.5. The molecule has 0 aromatic carbocycles. The van der Waals surface area contributed by atoms with Gasteiger partial charge in [0.05, 0.1) is 6.23 Å². The molecule has 0 amide bonds. The maximum absolute atomic E-state index is 10.3. The van der Waals surface area contributed by atoms with E-state index in [0.717, 1.165) is 12.8 Å². The third-order valence-corrected chi connectivity index (χ3v) is 3.99. The van der Waals surface area contributed by atoms with Crippen LogP contribution in [0.1, 0.15) is 117 Å². The van der Waals surface area contributed by atoms with E-state index in [-0.39, 0.29) is 0 Å². The molecule has 0 aliphatic carbocycles. The number of aliphatic hydroxyl groups excluding tert-OH is 1. The predicted molar refractivity (Wildman–Crippen MR) is 103 cm³/mol. The average Bonchev–Trinajstić information content (AvgIpc) is 2.50. The molecule has 0 spiro atoms. The third kappa shape index (κ3) is 33.1. The van der Waals surface area contributed by atoms with Crippen molar-refractivity contribution in [2.45, 2.75) is 123 Å². The highest BCUT2D eigenvalue weighted by molar-refractivity contribution is 5.66. The van der Waals surface area contributed by atoms with E-state index in [0.29, 0.717) is 6.42 Å². The Morgan fingerprint density at radius 1 is 0.750 bits per heavy atom. The minimum atomic E-state index is -0.667. The first-order valence-corrected chi connectivity index (χ1v) is 10.2. The SMILES string of the molecule is CC(N)O.CCCCCCCCCCCCCCCCCC(=O)O. The smallest absolute Gasteiger partial charge is 0.303 e. The van der Waals surface area contributed by atoms with Gasteiger partial charge in [0.1, 0.15) is 0 Å². The summed E-state index contributed by atoms with van der Waals surface area (Å²) in [5, 5.41) is 16.4. The van der Waals surface area contributed by atoms with Crippen LogP contribution in [-0.2, 0) is 4.79 Å². The summed E-state index contributed by atoms with van der Waals surface area (Å²) in [4.78, 5) is 10.3. The molecule has 4 N–H and O–H groups in total. The van der Waals surface area contributed by atoms with Crippen molar-refractivity contribution in [3.63, 3.8) is 0 Å². The van der Waals surface area contributed by atoms with Gasteiger partial charge in [-0.05, 0) is 13.3 Å². The van der Waals surface area contributed by atoms with E-state index in [1.165, 1.54) is 90.4 Å². The van der Waals surface area contributed by atoms with E-state index in [9.17, 15) is 4.79 Å². The second-order valence-corrected chi connectivity index (χ2v) is 6.83. The largest absolute Gasteiger partial charge is 0.481 e. The molecule has 146 valence electrons. The van der Waals surface area contributed by atoms with Crippen LogP contribution in [0.15, 0.2) is 0 Å². The molecular formula is C20H43NO3. The predicted octanol–water partition coefficient (Wildman–Crippen LogP) is 5.62. The number of unbranched alkanes of at least 4 members (excludes halogenated alkanes) is 14. The molecule has 0 aromatic rings. The van der Waals surface area contributed by atoms with Crippen LogP contribution in [0, 0.1) is 0 Å². The molecular weight excluding hydrogens is 302 g/mol. The van der Waals surface area contributed by atoms with Gasteiger partial charge in [0, 0.05) is 6.42 Å². The van der Waals surface area contributed by atoms with Crippen molar-refractivity contribution in [2.24, 2.45) is 5.73 Å². The van der Waals surface area contributed by atoms with Gasteiger partial charge < -0.3 is 15.9 Å². The van der Waals surface area contributed by atoms with Crippen LogP contribution in [-0.4, -0.2) is 22.4 Å². The Kier molecular flexibility index (Phi) is 23.9. The number of carbonyl (C=O) groups is 1. The highest BCUT2D eigenvalue weighted by atomic mass is 16.4. The lowest BCUT2D eigenvalue weighted by Crippen LogP contribution is -2.11. The minimum absolute atomic E-state index is 0.345. The number of rotatable bonds is 16. The van der Waals surface area contributed by atoms with Crippen LogP contribution >= 0.6 is 0 Å². The summed E-state index contributed by atoms with van der Waals surface area (Å²) in [6, 6.07) is 0. The van der Waals surface area contributed by atoms with Crippen LogP contribution < -0.4 is 5.73 Å². The highest BCUT2D eigenvalue weighted by Crippen LogP contribution is 2.13. The first-order chi connectivity index (χ1) is 11.5. The first-order valence-electron chi connectivity index (χ1n) is 10.2. The molecule has 0 aromatic heterocycles. The molecule has 4 heteroatoms. The van der Waals surface area contributed by atoms with Gasteiger partial charge in [-0.2, -0.15) is 0 Å². The minimum Gasteiger partial charge on any atom is -0.481 e. The number of hydrogen-bond acceptors (Lipinski definition) is 3. The molecule has 0 saturated carbocycles. The van der Waals surface area contributed by atoms with E-state index in [1.54, 1.807) is 0 Å². The molecule has 0 bridgehead atoms. The van der Waals surface area contributed by atoms with Gasteiger partial charge in [-0.15, -0.1) is 0 Å². The van der Waals surface area contributed by atoms with Crippen molar-refractivity contribution in [1.82, 2.24) is 0 Å². The number of aliphatic carboxylic acids is 1. The molecule has 4 nitrogen and oxygen atoms in total. The van der Waals surface area contributed by atoms with Crippen LogP contribution in [0.3, 0.4) is 0 Å². The number of carboxylic acid groups (broad SMARTS) is 1. The summed E-state index contributed by atoms with van der Waals surface area (Å²) < 4.78 is 0. The average molecular weight is 346 g/mol. The van der Waals surface area contributed by atoms with Crippen molar-refractivity contribution < 1.29 is 15.0 Å². The Hall–Kier alpha value is -0.610. The summed E-state index contributed by atoms with van der Waals surface area (Å²) in [6.45, 7) is 3.77. The standard InChI is InChI=1S/C18H36O2.C2H7NO/c1-2-3-4-5-6-7-8-9-10-11-12-13-14-15-16-17-18(19)20;1-2(3)4/h2-17H2,1H3,(H,19,20);2,4H,3H2,1H3. The van der Waals surface area contributed by atoms with Gasteiger partial charge in [-0.3, -0.25) is 4.79 Å². The fourth-order valence-electron chi connectivity index (χ4n) is 2.65. The van der Waals surface area contributed by atoms with Crippen LogP contribution in [0.4, 0.5) is 0 Å². The van der Waals surface area contributed by atoms with Crippen LogP contribution in [0.25, 0.3) is 0 Å². The normalized spacial score (nSPS) is 11.7. The van der Waals surface area contributed by atoms with Crippen molar-refractivity contribution in [3.05, 3.63) is 0 Å². The monoisotopic (exact) mass is 345 g/mol. The molecule has 0 aliphatic heterocycles. The summed E-state index contributed by atoms with van der Waals surface area (Å²) in [5.74, 6) is -0.653. The van der Waals surface area contributed by atoms with Gasteiger partial charge in [-0.1, -0.05) is 96.8 Å². The van der Waals surface area contributed by atoms with E-state index in [2.05, 4.69) is 12.7 Å². The quantitative estimate of drug-likeness (QED) is 0.250. The molecule has 0 radical (unpaired) electrons. The summed E-state index contributed by atoms with van der Waals surface area (Å²) in [7, 11) is 0. The van der Waals surface area contributed by atoms with Crippen LogP contribution in [0.2, 0.25) is 0 Å². The van der Waals surface area contributed by atoms with E-state index < -0.39 is 12.2 Å². The van der Waals surface area contributed by atoms with Crippen LogP contribution in [0.5, 0.6) is 0 Å². The maximum atomic E-state index is 10.3. The zero-order valence-corrected chi connectivity index (χ0v) is 16.3. The van der Waals surface area contributed by atoms with Gasteiger partial charge in [-0.25, -0.2) is 0 Å². The Morgan fingerprint density at radius 3 is 1.25 bits per heavy atom. The first kappa shape index (κ1) is 25.6. The fourth-order valence-corrected chi connectivity index (χ4v) is 2.65. The molecule has 0 aliphatic rings. The molecule has 24 heavy (non-hydrogen) atoms. The summed E-state index contributed by atoms with van der Waals surface area (Å²) >= 11 is 0. The Bertz CT molecular complexity index is 242. The fraction of sp³-hybridized carbons (Fsp3) is 0.950. The Balaban J connectivity index is 0. The van der Waals surface area contributed by atoms with E-state index in [1.807, 2.05) is 0 Å².